The van der Waals surface area contributed by atoms with Crippen molar-refractivity contribution in [2.75, 3.05) is 19.0 Å². The molecule has 1 unspecified atom stereocenters. The van der Waals surface area contributed by atoms with Crippen molar-refractivity contribution in [2.24, 2.45) is 5.73 Å². The van der Waals surface area contributed by atoms with Gasteiger partial charge in [-0.1, -0.05) is 29.8 Å². The van der Waals surface area contributed by atoms with E-state index in [9.17, 15) is 19.6 Å². The Kier molecular flexibility index (Phi) is 8.59. The molecule has 2 aromatic carbocycles. The number of primary amides is 1. The molecular weight excluding hydrogens is 592 g/mol. The third-order valence-corrected chi connectivity index (χ3v) is 7.98. The summed E-state index contributed by atoms with van der Waals surface area (Å²) in [5.74, 6) is -0.663. The van der Waals surface area contributed by atoms with E-state index in [0.717, 1.165) is 39.1 Å². The van der Waals surface area contributed by atoms with E-state index in [-0.39, 0.29) is 25.3 Å². The molecule has 11 heteroatoms. The van der Waals surface area contributed by atoms with E-state index in [0.29, 0.717) is 22.7 Å². The lowest BCUT2D eigenvalue weighted by Crippen LogP contribution is -2.45. The monoisotopic (exact) mass is 626 g/mol. The first kappa shape index (κ1) is 31.5. The predicted octanol–water partition coefficient (Wildman–Crippen LogP) is 5.27. The van der Waals surface area contributed by atoms with Crippen molar-refractivity contribution in [3.05, 3.63) is 82.0 Å². The van der Waals surface area contributed by atoms with Crippen LogP contribution >= 0.6 is 11.6 Å². The molecule has 5 rings (SSSR count). The van der Waals surface area contributed by atoms with Crippen LogP contribution in [0, 0.1) is 11.3 Å². The Bertz CT molecular complexity index is 1870. The van der Waals surface area contributed by atoms with E-state index in [2.05, 4.69) is 6.07 Å². The van der Waals surface area contributed by atoms with Crippen LogP contribution in [0.2, 0.25) is 5.02 Å². The molecule has 1 aliphatic rings. The zero-order chi connectivity index (χ0) is 32.6. The van der Waals surface area contributed by atoms with Crippen molar-refractivity contribution in [1.29, 1.82) is 5.26 Å². The summed E-state index contributed by atoms with van der Waals surface area (Å²) in [5, 5.41) is 10.7. The van der Waals surface area contributed by atoms with Gasteiger partial charge in [-0.05, 0) is 74.2 Å². The second-order valence-corrected chi connectivity index (χ2v) is 12.8. The van der Waals surface area contributed by atoms with Crippen LogP contribution in [0.4, 0.5) is 5.82 Å². The first-order valence-electron chi connectivity index (χ1n) is 14.6. The van der Waals surface area contributed by atoms with Gasteiger partial charge in [0.15, 0.2) is 0 Å². The Morgan fingerprint density at radius 1 is 1.11 bits per heavy atom. The molecule has 1 atom stereocenters. The van der Waals surface area contributed by atoms with Gasteiger partial charge < -0.3 is 24.8 Å². The van der Waals surface area contributed by atoms with Gasteiger partial charge in [-0.3, -0.25) is 14.4 Å². The lowest BCUT2D eigenvalue weighted by atomic mass is 10.0. The second-order valence-electron chi connectivity index (χ2n) is 12.4. The number of nitriles is 1. The Balaban J connectivity index is 1.41. The zero-order valence-electron chi connectivity index (χ0n) is 25.9. The van der Waals surface area contributed by atoms with Crippen LogP contribution in [0.15, 0.2) is 54.7 Å². The molecule has 45 heavy (non-hydrogen) atoms. The number of aromatic nitrogens is 2. The molecule has 0 saturated heterocycles. The molecule has 0 saturated carbocycles. The molecule has 0 aliphatic carbocycles. The molecule has 2 N–H and O–H groups in total. The van der Waals surface area contributed by atoms with Crippen molar-refractivity contribution < 1.29 is 19.1 Å². The van der Waals surface area contributed by atoms with Gasteiger partial charge in [-0.2, -0.15) is 5.26 Å². The largest absolute Gasteiger partial charge is 0.460 e. The molecule has 4 aromatic rings. The Labute approximate surface area is 266 Å². The van der Waals surface area contributed by atoms with E-state index in [1.165, 1.54) is 4.90 Å². The molecule has 2 aromatic heterocycles. The second kappa shape index (κ2) is 12.3. The van der Waals surface area contributed by atoms with Crippen LogP contribution in [0.5, 0.6) is 0 Å². The maximum atomic E-state index is 13.3. The third kappa shape index (κ3) is 6.64. The average molecular weight is 627 g/mol. The molecule has 0 bridgehead atoms. The Morgan fingerprint density at radius 3 is 2.49 bits per heavy atom. The summed E-state index contributed by atoms with van der Waals surface area (Å²) in [6.45, 7) is 6.00. The van der Waals surface area contributed by atoms with Gasteiger partial charge in [-0.15, -0.1) is 0 Å². The number of rotatable bonds is 9. The minimum atomic E-state index is -0.935. The van der Waals surface area contributed by atoms with Crippen molar-refractivity contribution >= 4 is 46.2 Å². The van der Waals surface area contributed by atoms with Crippen LogP contribution in [0.25, 0.3) is 22.2 Å². The Morgan fingerprint density at radius 2 is 1.84 bits per heavy atom. The smallest absolute Gasteiger partial charge is 0.306 e. The molecule has 0 fully saturated rings. The van der Waals surface area contributed by atoms with Crippen molar-refractivity contribution in [2.45, 2.75) is 58.3 Å². The van der Waals surface area contributed by atoms with E-state index < -0.39 is 23.5 Å². The van der Waals surface area contributed by atoms with Crippen LogP contribution in [-0.2, 0) is 27.4 Å². The maximum Gasteiger partial charge on any atom is 0.306 e. The molecule has 0 radical (unpaired) electrons. The number of fused-ring (bicyclic) bond motifs is 2. The highest BCUT2D eigenvalue weighted by atomic mass is 35.5. The van der Waals surface area contributed by atoms with Crippen LogP contribution in [-0.4, -0.2) is 58.0 Å². The van der Waals surface area contributed by atoms with Gasteiger partial charge in [-0.25, -0.2) is 4.98 Å². The van der Waals surface area contributed by atoms with Gasteiger partial charge >= 0.3 is 5.97 Å². The number of benzene rings is 2. The van der Waals surface area contributed by atoms with Gasteiger partial charge in [0.2, 0.25) is 5.91 Å². The summed E-state index contributed by atoms with van der Waals surface area (Å²) in [6.07, 6.45) is 2.01. The lowest BCUT2D eigenvalue weighted by Gasteiger charge is -2.25. The minimum absolute atomic E-state index is 0.0332. The summed E-state index contributed by atoms with van der Waals surface area (Å²) >= 11 is 6.62. The quantitative estimate of drug-likeness (QED) is 0.250. The maximum absolute atomic E-state index is 13.3. The summed E-state index contributed by atoms with van der Waals surface area (Å²) in [4.78, 5) is 46.3. The van der Waals surface area contributed by atoms with Gasteiger partial charge in [0.25, 0.3) is 5.91 Å². The molecule has 2 amide bonds. The average Bonchev–Trinajstić information content (AvgIpc) is 3.51. The molecule has 3 heterocycles. The van der Waals surface area contributed by atoms with E-state index >= 15 is 0 Å². The number of pyridine rings is 1. The number of hydrogen-bond donors (Lipinski definition) is 1. The normalized spacial score (nSPS) is 13.4. The third-order valence-electron chi connectivity index (χ3n) is 7.67. The SMILES string of the molecule is CN(C)c1cc(-c2ccc(C#N)cc2Cl)c2ccn(Cc3ccc4c(c3)CN(C(CCC(=O)OC(C)(C)C)C(N)=O)C4=O)c2n1. The summed E-state index contributed by atoms with van der Waals surface area (Å²) in [7, 11) is 3.84. The number of hydrogen-bond acceptors (Lipinski definition) is 7. The summed E-state index contributed by atoms with van der Waals surface area (Å²) in [5.41, 5.74) is 10.2. The number of carbonyl (C=O) groups is 3. The molecular formula is C34H35ClN6O4. The van der Waals surface area contributed by atoms with E-state index in [1.807, 2.05) is 60.1 Å². The van der Waals surface area contributed by atoms with Crippen molar-refractivity contribution in [1.82, 2.24) is 14.5 Å². The van der Waals surface area contributed by atoms with Gasteiger partial charge in [0, 0.05) is 61.3 Å². The van der Waals surface area contributed by atoms with Crippen molar-refractivity contribution in [3.8, 4) is 17.2 Å². The number of nitrogens with zero attached hydrogens (tertiary/aromatic N) is 5. The zero-order valence-corrected chi connectivity index (χ0v) is 26.7. The molecule has 232 valence electrons. The number of nitrogens with two attached hydrogens (primary N) is 1. The Hall–Kier alpha value is -4.88. The number of halogens is 1. The standard InChI is InChI=1S/C34H35ClN6O4/c1-34(2,3)45-30(42)11-10-28(31(37)43)41-19-22-14-21(7-8-23(22)33(41)44)18-40-13-12-25-26(16-29(39(4)5)38-32(25)40)24-9-6-20(17-36)15-27(24)35/h6-9,12-16,28H,10-11,18-19H2,1-5H3,(H2,37,43). The minimum Gasteiger partial charge on any atom is -0.460 e. The number of amides is 2. The van der Waals surface area contributed by atoms with Crippen molar-refractivity contribution in [3.63, 3.8) is 0 Å². The predicted molar refractivity (Wildman–Crippen MR) is 173 cm³/mol. The molecule has 1 aliphatic heterocycles. The van der Waals surface area contributed by atoms with Crippen LogP contribution in [0.1, 0.15) is 60.7 Å². The van der Waals surface area contributed by atoms with Gasteiger partial charge in [0.05, 0.1) is 11.6 Å². The summed E-state index contributed by atoms with van der Waals surface area (Å²) < 4.78 is 7.40. The highest BCUT2D eigenvalue weighted by Gasteiger charge is 2.36. The number of anilines is 1. The van der Waals surface area contributed by atoms with E-state index in [1.54, 1.807) is 39.0 Å². The van der Waals surface area contributed by atoms with E-state index in [4.69, 9.17) is 27.1 Å². The fourth-order valence-corrected chi connectivity index (χ4v) is 5.85. The highest BCUT2D eigenvalue weighted by molar-refractivity contribution is 6.33. The first-order valence-corrected chi connectivity index (χ1v) is 14.9. The molecule has 0 spiro atoms. The topological polar surface area (TPSA) is 135 Å². The van der Waals surface area contributed by atoms with Crippen LogP contribution < -0.4 is 10.6 Å². The van der Waals surface area contributed by atoms with Gasteiger partial charge in [0.1, 0.15) is 23.1 Å². The number of ether oxygens (including phenoxy) is 1. The number of esters is 1. The number of carbonyl (C=O) groups excluding carboxylic acids is 3. The first-order chi connectivity index (χ1) is 21.3. The lowest BCUT2D eigenvalue weighted by molar-refractivity contribution is -0.155. The van der Waals surface area contributed by atoms with Crippen LogP contribution in [0.3, 0.4) is 0 Å². The fraction of sp³-hybridized carbons (Fsp3) is 0.324. The molecule has 10 nitrogen and oxygen atoms in total. The highest BCUT2D eigenvalue weighted by Crippen LogP contribution is 2.36. The fourth-order valence-electron chi connectivity index (χ4n) is 5.57. The summed E-state index contributed by atoms with van der Waals surface area (Å²) in [6, 6.07) is 16.0.